The summed E-state index contributed by atoms with van der Waals surface area (Å²) in [6.45, 7) is 1.53. The minimum atomic E-state index is -1.52. The number of methoxy groups -OCH3 is 2. The van der Waals surface area contributed by atoms with Crippen LogP contribution in [-0.4, -0.2) is 43.7 Å². The van der Waals surface area contributed by atoms with Gasteiger partial charge in [-0.2, -0.15) is 0 Å². The molecule has 1 unspecified atom stereocenters. The fourth-order valence-electron chi connectivity index (χ4n) is 6.49. The highest BCUT2D eigenvalue weighted by atomic mass is 16.5. The molecule has 0 amide bonds. The Morgan fingerprint density at radius 1 is 0.889 bits per heavy atom. The Balaban J connectivity index is 1.70. The van der Waals surface area contributed by atoms with Crippen molar-refractivity contribution in [2.75, 3.05) is 19.1 Å². The maximum Gasteiger partial charge on any atom is 0.180 e. The lowest BCUT2D eigenvalue weighted by Crippen LogP contribution is -2.48. The molecule has 0 N–H and O–H groups in total. The fraction of sp³-hybridized carbons (Fsp3) is 0.233. The lowest BCUT2D eigenvalue weighted by molar-refractivity contribution is -0.118. The van der Waals surface area contributed by atoms with Gasteiger partial charge in [-0.15, -0.1) is 0 Å². The lowest BCUT2D eigenvalue weighted by Gasteiger charge is -2.37. The molecule has 3 aromatic carbocycles. The maximum absolute atomic E-state index is 14.4. The van der Waals surface area contributed by atoms with E-state index in [-0.39, 0.29) is 17.3 Å². The van der Waals surface area contributed by atoms with Crippen LogP contribution >= 0.6 is 0 Å². The number of hydrogen-bond donors (Lipinski definition) is 0. The number of hydrogen-bond acceptors (Lipinski definition) is 6. The molecular weight excluding hydrogens is 454 g/mol. The van der Waals surface area contributed by atoms with E-state index < -0.39 is 23.4 Å². The molecule has 36 heavy (non-hydrogen) atoms. The van der Waals surface area contributed by atoms with Gasteiger partial charge in [-0.25, -0.2) is 0 Å². The molecule has 1 fully saturated rings. The first kappa shape index (κ1) is 22.3. The monoisotopic (exact) mass is 479 g/mol. The second-order valence-corrected chi connectivity index (χ2v) is 9.48. The van der Waals surface area contributed by atoms with E-state index in [1.165, 1.54) is 14.0 Å². The number of ketones is 3. The third kappa shape index (κ3) is 2.70. The van der Waals surface area contributed by atoms with Crippen LogP contribution in [0.4, 0.5) is 5.69 Å². The normalized spacial score (nSPS) is 22.9. The summed E-state index contributed by atoms with van der Waals surface area (Å²) in [4.78, 5) is 44.3. The fourth-order valence-corrected chi connectivity index (χ4v) is 6.49. The van der Waals surface area contributed by atoms with Crippen LogP contribution in [-0.2, 0) is 4.79 Å². The second kappa shape index (κ2) is 7.92. The Kier molecular flexibility index (Phi) is 4.90. The predicted octanol–water partition coefficient (Wildman–Crippen LogP) is 4.73. The van der Waals surface area contributed by atoms with Crippen molar-refractivity contribution in [1.82, 2.24) is 0 Å². The summed E-state index contributed by atoms with van der Waals surface area (Å²) in [6, 6.07) is 18.7. The number of carbonyl (C=O) groups excluding carboxylic acids is 3. The molecule has 3 aliphatic rings. The summed E-state index contributed by atoms with van der Waals surface area (Å²) in [6.07, 6.45) is 3.86. The minimum Gasteiger partial charge on any atom is -0.497 e. The molecule has 6 nitrogen and oxygen atoms in total. The molecule has 3 atom stereocenters. The first-order chi connectivity index (χ1) is 17.4. The van der Waals surface area contributed by atoms with Crippen molar-refractivity contribution < 1.29 is 23.9 Å². The minimum absolute atomic E-state index is 0.124. The van der Waals surface area contributed by atoms with E-state index in [1.807, 2.05) is 47.4 Å². The molecule has 3 aromatic rings. The largest absolute Gasteiger partial charge is 0.497 e. The molecule has 0 aromatic heterocycles. The molecule has 1 saturated heterocycles. The first-order valence-electron chi connectivity index (χ1n) is 11.9. The predicted molar refractivity (Wildman–Crippen MR) is 136 cm³/mol. The highest BCUT2D eigenvalue weighted by molar-refractivity contribution is 6.32. The lowest BCUT2D eigenvalue weighted by atomic mass is 9.64. The van der Waals surface area contributed by atoms with E-state index in [0.717, 1.165) is 11.3 Å². The second-order valence-electron chi connectivity index (χ2n) is 9.48. The van der Waals surface area contributed by atoms with Gasteiger partial charge in [0.25, 0.3) is 0 Å². The van der Waals surface area contributed by atoms with Crippen molar-refractivity contribution in [1.29, 1.82) is 0 Å². The Bertz CT molecular complexity index is 1440. The van der Waals surface area contributed by atoms with Gasteiger partial charge in [0.1, 0.15) is 16.9 Å². The molecule has 0 bridgehead atoms. The van der Waals surface area contributed by atoms with Gasteiger partial charge in [0.15, 0.2) is 17.3 Å². The Hall–Kier alpha value is -4.19. The van der Waals surface area contributed by atoms with Crippen LogP contribution in [0.2, 0.25) is 0 Å². The molecule has 1 aliphatic carbocycles. The number of rotatable bonds is 4. The van der Waals surface area contributed by atoms with E-state index in [2.05, 4.69) is 0 Å². The van der Waals surface area contributed by atoms with Crippen LogP contribution in [0.3, 0.4) is 0 Å². The number of ether oxygens (including phenoxy) is 2. The van der Waals surface area contributed by atoms with Crippen molar-refractivity contribution >= 4 is 29.1 Å². The average Bonchev–Trinajstić information content (AvgIpc) is 3.35. The number of fused-ring (bicyclic) bond motifs is 5. The van der Waals surface area contributed by atoms with Crippen molar-refractivity contribution in [2.24, 2.45) is 5.41 Å². The third-order valence-corrected chi connectivity index (χ3v) is 7.91. The van der Waals surface area contributed by atoms with Crippen LogP contribution in [0, 0.1) is 5.41 Å². The summed E-state index contributed by atoms with van der Waals surface area (Å²) in [5, 5.41) is 0. The van der Waals surface area contributed by atoms with Crippen molar-refractivity contribution in [3.8, 4) is 11.5 Å². The zero-order chi connectivity index (χ0) is 25.2. The van der Waals surface area contributed by atoms with Crippen LogP contribution in [0.15, 0.2) is 72.8 Å². The smallest absolute Gasteiger partial charge is 0.180 e. The zero-order valence-electron chi connectivity index (χ0n) is 20.2. The van der Waals surface area contributed by atoms with Crippen molar-refractivity contribution in [3.63, 3.8) is 0 Å². The van der Waals surface area contributed by atoms with E-state index in [9.17, 15) is 14.4 Å². The van der Waals surface area contributed by atoms with Gasteiger partial charge in [-0.05, 0) is 24.6 Å². The topological polar surface area (TPSA) is 72.9 Å². The molecule has 6 heteroatoms. The third-order valence-electron chi connectivity index (χ3n) is 7.91. The van der Waals surface area contributed by atoms with Gasteiger partial charge in [0, 0.05) is 34.4 Å². The molecule has 0 saturated carbocycles. The Labute approximate surface area is 209 Å². The van der Waals surface area contributed by atoms with Crippen LogP contribution in [0.5, 0.6) is 11.5 Å². The van der Waals surface area contributed by atoms with Crippen LogP contribution < -0.4 is 14.4 Å². The van der Waals surface area contributed by atoms with Gasteiger partial charge >= 0.3 is 0 Å². The van der Waals surface area contributed by atoms with Crippen LogP contribution in [0.25, 0.3) is 6.08 Å². The summed E-state index contributed by atoms with van der Waals surface area (Å²) in [5.74, 6) is -0.357. The van der Waals surface area contributed by atoms with E-state index >= 15 is 0 Å². The molecule has 2 heterocycles. The van der Waals surface area contributed by atoms with Crippen molar-refractivity contribution in [2.45, 2.75) is 24.9 Å². The number of para-hydroxylation sites is 1. The maximum atomic E-state index is 14.4. The number of benzene rings is 3. The van der Waals surface area contributed by atoms with E-state index in [0.29, 0.717) is 28.2 Å². The summed E-state index contributed by atoms with van der Waals surface area (Å²) < 4.78 is 11.1. The summed E-state index contributed by atoms with van der Waals surface area (Å²) >= 11 is 0. The zero-order valence-corrected chi connectivity index (χ0v) is 20.2. The molecular formula is C30H25NO5. The Morgan fingerprint density at radius 3 is 2.19 bits per heavy atom. The highest BCUT2D eigenvalue weighted by Gasteiger charge is 2.71. The summed E-state index contributed by atoms with van der Waals surface area (Å²) in [5.41, 5.74) is 1.68. The molecule has 0 radical (unpaired) electrons. The number of Topliss-reactive ketones (excluding diaryl/α,β-unsaturated/α-hetero) is 3. The van der Waals surface area contributed by atoms with Gasteiger partial charge < -0.3 is 14.4 Å². The number of carbonyl (C=O) groups is 3. The molecule has 1 spiro atoms. The Morgan fingerprint density at radius 2 is 1.56 bits per heavy atom. The van der Waals surface area contributed by atoms with Gasteiger partial charge in [0.05, 0.1) is 26.3 Å². The van der Waals surface area contributed by atoms with Crippen LogP contribution in [0.1, 0.15) is 44.7 Å². The number of anilines is 1. The van der Waals surface area contributed by atoms with E-state index in [1.54, 1.807) is 43.5 Å². The standard InChI is InChI=1S/C30H25NO5/c1-17(32)27-26(22-14-13-19(35-2)16-24(22)36-3)30(28(33)20-9-5-6-10-21(20)29(30)34)25-15-12-18-8-4-7-11-23(18)31(25)27/h4-16,25-27H,1-3H3/t25?,26-,27-/m0/s1. The average molecular weight is 480 g/mol. The van der Waals surface area contributed by atoms with Gasteiger partial charge in [-0.1, -0.05) is 60.7 Å². The highest BCUT2D eigenvalue weighted by Crippen LogP contribution is 2.61. The molecule has 6 rings (SSSR count). The van der Waals surface area contributed by atoms with Gasteiger partial charge in [0.2, 0.25) is 0 Å². The molecule has 180 valence electrons. The molecule has 2 aliphatic heterocycles. The number of nitrogens with zero attached hydrogens (tertiary/aromatic N) is 1. The summed E-state index contributed by atoms with van der Waals surface area (Å²) in [7, 11) is 3.10. The SMILES string of the molecule is COc1ccc([C@H]2[C@H](C(C)=O)N3c4ccccc4C=CC3C23C(=O)c2ccccc2C3=O)c(OC)c1. The van der Waals surface area contributed by atoms with Gasteiger partial charge in [-0.3, -0.25) is 14.4 Å². The van der Waals surface area contributed by atoms with E-state index in [4.69, 9.17) is 9.47 Å². The van der Waals surface area contributed by atoms with Crippen molar-refractivity contribution in [3.05, 3.63) is 95.1 Å². The first-order valence-corrected chi connectivity index (χ1v) is 11.9. The quantitative estimate of drug-likeness (QED) is 0.504.